The SMILES string of the molecule is CCCNC(Cc1ncccc1C)c1ccc(C)c(C)c1. The van der Waals surface area contributed by atoms with Gasteiger partial charge in [0.25, 0.3) is 0 Å². The molecule has 0 saturated heterocycles. The fourth-order valence-electron chi connectivity index (χ4n) is 2.53. The van der Waals surface area contributed by atoms with E-state index in [0.717, 1.165) is 19.4 Å². The van der Waals surface area contributed by atoms with Crippen LogP contribution in [0.4, 0.5) is 0 Å². The van der Waals surface area contributed by atoms with E-state index in [2.05, 4.69) is 62.3 Å². The van der Waals surface area contributed by atoms with Gasteiger partial charge in [-0.3, -0.25) is 4.98 Å². The van der Waals surface area contributed by atoms with Gasteiger partial charge in [-0.05, 0) is 62.1 Å². The van der Waals surface area contributed by atoms with Crippen molar-refractivity contribution >= 4 is 0 Å². The largest absolute Gasteiger partial charge is 0.310 e. The van der Waals surface area contributed by atoms with Gasteiger partial charge in [0.15, 0.2) is 0 Å². The van der Waals surface area contributed by atoms with Gasteiger partial charge in [0.2, 0.25) is 0 Å². The molecule has 0 radical (unpaired) electrons. The molecule has 0 aliphatic rings. The first-order valence-electron chi connectivity index (χ1n) is 7.82. The Hall–Kier alpha value is -1.67. The minimum absolute atomic E-state index is 0.331. The molecule has 112 valence electrons. The lowest BCUT2D eigenvalue weighted by Gasteiger charge is -2.20. The molecule has 0 aliphatic carbocycles. The fourth-order valence-corrected chi connectivity index (χ4v) is 2.53. The highest BCUT2D eigenvalue weighted by Crippen LogP contribution is 2.21. The van der Waals surface area contributed by atoms with Gasteiger partial charge in [-0.1, -0.05) is 31.2 Å². The lowest BCUT2D eigenvalue weighted by molar-refractivity contribution is 0.523. The van der Waals surface area contributed by atoms with Crippen LogP contribution in [0.2, 0.25) is 0 Å². The molecule has 2 heteroatoms. The third-order valence-electron chi connectivity index (χ3n) is 4.09. The Kier molecular flexibility index (Phi) is 5.51. The second kappa shape index (κ2) is 7.37. The number of pyridine rings is 1. The Bertz CT molecular complexity index is 590. The van der Waals surface area contributed by atoms with Crippen LogP contribution in [0.1, 0.15) is 47.3 Å². The molecule has 0 spiro atoms. The maximum atomic E-state index is 4.55. The molecular weight excluding hydrogens is 256 g/mol. The average Bonchev–Trinajstić information content (AvgIpc) is 2.48. The van der Waals surface area contributed by atoms with E-state index < -0.39 is 0 Å². The summed E-state index contributed by atoms with van der Waals surface area (Å²) in [6.45, 7) is 9.72. The molecule has 1 unspecified atom stereocenters. The van der Waals surface area contributed by atoms with Crippen LogP contribution in [0.25, 0.3) is 0 Å². The number of benzene rings is 1. The number of nitrogens with one attached hydrogen (secondary N) is 1. The number of rotatable bonds is 6. The van der Waals surface area contributed by atoms with Crippen molar-refractivity contribution in [3.05, 3.63) is 64.5 Å². The minimum Gasteiger partial charge on any atom is -0.310 e. The van der Waals surface area contributed by atoms with Crippen LogP contribution < -0.4 is 5.32 Å². The van der Waals surface area contributed by atoms with Crippen LogP contribution in [-0.2, 0) is 6.42 Å². The summed E-state index contributed by atoms with van der Waals surface area (Å²) in [4.78, 5) is 4.55. The highest BCUT2D eigenvalue weighted by molar-refractivity contribution is 5.33. The molecule has 2 nitrogen and oxygen atoms in total. The maximum Gasteiger partial charge on any atom is 0.0451 e. The minimum atomic E-state index is 0.331. The third-order valence-corrected chi connectivity index (χ3v) is 4.09. The van der Waals surface area contributed by atoms with E-state index in [1.807, 2.05) is 12.3 Å². The van der Waals surface area contributed by atoms with Gasteiger partial charge in [0.1, 0.15) is 0 Å². The number of hydrogen-bond donors (Lipinski definition) is 1. The third kappa shape index (κ3) is 4.15. The van der Waals surface area contributed by atoms with Crippen LogP contribution in [0, 0.1) is 20.8 Å². The molecule has 21 heavy (non-hydrogen) atoms. The first kappa shape index (κ1) is 15.7. The Balaban J connectivity index is 2.25. The molecule has 1 atom stereocenters. The number of nitrogens with zero attached hydrogens (tertiary/aromatic N) is 1. The second-order valence-corrected chi connectivity index (χ2v) is 5.82. The number of aryl methyl sites for hydroxylation is 3. The molecule has 0 bridgehead atoms. The smallest absolute Gasteiger partial charge is 0.0451 e. The first-order valence-corrected chi connectivity index (χ1v) is 7.82. The van der Waals surface area contributed by atoms with Crippen LogP contribution in [0.5, 0.6) is 0 Å². The first-order chi connectivity index (χ1) is 10.1. The van der Waals surface area contributed by atoms with Gasteiger partial charge in [-0.2, -0.15) is 0 Å². The molecule has 0 saturated carbocycles. The summed E-state index contributed by atoms with van der Waals surface area (Å²) in [5, 5.41) is 3.67. The van der Waals surface area contributed by atoms with E-state index in [-0.39, 0.29) is 0 Å². The molecule has 1 N–H and O–H groups in total. The van der Waals surface area contributed by atoms with Crippen LogP contribution >= 0.6 is 0 Å². The van der Waals surface area contributed by atoms with Gasteiger partial charge in [-0.25, -0.2) is 0 Å². The van der Waals surface area contributed by atoms with Crippen molar-refractivity contribution in [2.24, 2.45) is 0 Å². The normalized spacial score (nSPS) is 12.4. The zero-order valence-corrected chi connectivity index (χ0v) is 13.6. The predicted molar refractivity (Wildman–Crippen MR) is 89.6 cm³/mol. The topological polar surface area (TPSA) is 24.9 Å². The number of aromatic nitrogens is 1. The number of hydrogen-bond acceptors (Lipinski definition) is 2. The highest BCUT2D eigenvalue weighted by atomic mass is 14.9. The molecule has 1 aromatic carbocycles. The van der Waals surface area contributed by atoms with Crippen LogP contribution in [0.3, 0.4) is 0 Å². The summed E-state index contributed by atoms with van der Waals surface area (Å²) < 4.78 is 0. The fraction of sp³-hybridized carbons (Fsp3) is 0.421. The molecule has 0 aliphatic heterocycles. The maximum absolute atomic E-state index is 4.55. The summed E-state index contributed by atoms with van der Waals surface area (Å²) in [6.07, 6.45) is 3.97. The van der Waals surface area contributed by atoms with E-state index in [9.17, 15) is 0 Å². The molecule has 1 heterocycles. The summed E-state index contributed by atoms with van der Waals surface area (Å²) in [6, 6.07) is 11.2. The van der Waals surface area contributed by atoms with E-state index in [1.165, 1.54) is 27.9 Å². The molecule has 0 amide bonds. The second-order valence-electron chi connectivity index (χ2n) is 5.82. The van der Waals surface area contributed by atoms with Crippen molar-refractivity contribution < 1.29 is 0 Å². The van der Waals surface area contributed by atoms with E-state index in [0.29, 0.717) is 6.04 Å². The summed E-state index contributed by atoms with van der Waals surface area (Å²) in [7, 11) is 0. The zero-order valence-electron chi connectivity index (χ0n) is 13.6. The van der Waals surface area contributed by atoms with Crippen LogP contribution in [-0.4, -0.2) is 11.5 Å². The molecule has 1 aromatic heterocycles. The van der Waals surface area contributed by atoms with Crippen molar-refractivity contribution in [1.82, 2.24) is 10.3 Å². The monoisotopic (exact) mass is 282 g/mol. The van der Waals surface area contributed by atoms with E-state index in [1.54, 1.807) is 0 Å². The van der Waals surface area contributed by atoms with Crippen molar-refractivity contribution in [2.45, 2.75) is 46.6 Å². The summed E-state index contributed by atoms with van der Waals surface area (Å²) >= 11 is 0. The van der Waals surface area contributed by atoms with E-state index in [4.69, 9.17) is 0 Å². The summed E-state index contributed by atoms with van der Waals surface area (Å²) in [5.41, 5.74) is 6.51. The molecule has 0 fully saturated rings. The highest BCUT2D eigenvalue weighted by Gasteiger charge is 2.14. The predicted octanol–water partition coefficient (Wildman–Crippen LogP) is 4.29. The van der Waals surface area contributed by atoms with Crippen LogP contribution in [0.15, 0.2) is 36.5 Å². The Labute approximate surface area is 128 Å². The lowest BCUT2D eigenvalue weighted by atomic mass is 9.96. The Morgan fingerprint density at radius 3 is 2.52 bits per heavy atom. The van der Waals surface area contributed by atoms with Gasteiger partial charge in [0, 0.05) is 24.4 Å². The van der Waals surface area contributed by atoms with Crippen molar-refractivity contribution in [3.63, 3.8) is 0 Å². The van der Waals surface area contributed by atoms with Gasteiger partial charge in [0.05, 0.1) is 0 Å². The van der Waals surface area contributed by atoms with Crippen molar-refractivity contribution in [3.8, 4) is 0 Å². The molecule has 2 rings (SSSR count). The lowest BCUT2D eigenvalue weighted by Crippen LogP contribution is -2.25. The Morgan fingerprint density at radius 2 is 1.86 bits per heavy atom. The Morgan fingerprint density at radius 1 is 1.05 bits per heavy atom. The van der Waals surface area contributed by atoms with E-state index >= 15 is 0 Å². The quantitative estimate of drug-likeness (QED) is 0.855. The van der Waals surface area contributed by atoms with Crippen molar-refractivity contribution in [2.75, 3.05) is 6.54 Å². The zero-order chi connectivity index (χ0) is 15.2. The van der Waals surface area contributed by atoms with Gasteiger partial charge >= 0.3 is 0 Å². The standard InChI is InChI=1S/C19H26N2/c1-5-10-20-19(13-18-15(3)7-6-11-21-18)17-9-8-14(2)16(4)12-17/h6-9,11-12,19-20H,5,10,13H2,1-4H3. The van der Waals surface area contributed by atoms with Gasteiger partial charge in [-0.15, -0.1) is 0 Å². The van der Waals surface area contributed by atoms with Gasteiger partial charge < -0.3 is 5.32 Å². The van der Waals surface area contributed by atoms with Crippen molar-refractivity contribution in [1.29, 1.82) is 0 Å². The molecule has 2 aromatic rings. The molecular formula is C19H26N2. The average molecular weight is 282 g/mol. The summed E-state index contributed by atoms with van der Waals surface area (Å²) in [5.74, 6) is 0.